The van der Waals surface area contributed by atoms with Gasteiger partial charge in [-0.3, -0.25) is 9.59 Å². The Hall–Kier alpha value is -1.50. The Morgan fingerprint density at radius 3 is 2.89 bits per heavy atom. The van der Waals surface area contributed by atoms with Crippen molar-refractivity contribution in [2.75, 3.05) is 19.8 Å². The number of rotatable bonds is 11. The molecule has 2 aliphatic rings. The molecule has 0 radical (unpaired) electrons. The molecule has 0 aromatic heterocycles. The Morgan fingerprint density at radius 2 is 2.19 bits per heavy atom. The van der Waals surface area contributed by atoms with Gasteiger partial charge in [0.25, 0.3) is 0 Å². The summed E-state index contributed by atoms with van der Waals surface area (Å²) in [4.78, 5) is 23.7. The molecule has 0 spiro atoms. The summed E-state index contributed by atoms with van der Waals surface area (Å²) in [6.07, 6.45) is 10.7. The molecule has 2 rings (SSSR count). The fourth-order valence-electron chi connectivity index (χ4n) is 3.66. The van der Waals surface area contributed by atoms with Crippen LogP contribution in [-0.4, -0.2) is 49.1 Å². The molecule has 1 aliphatic carbocycles. The van der Waals surface area contributed by atoms with Crippen LogP contribution in [0.5, 0.6) is 0 Å². The third kappa shape index (κ3) is 7.20. The van der Waals surface area contributed by atoms with E-state index in [2.05, 4.69) is 6.58 Å². The van der Waals surface area contributed by atoms with Crippen LogP contribution < -0.4 is 0 Å². The minimum Gasteiger partial charge on any atom is -0.461 e. The molecule has 6 nitrogen and oxygen atoms in total. The van der Waals surface area contributed by atoms with Crippen molar-refractivity contribution >= 4 is 11.8 Å². The maximum absolute atomic E-state index is 12.4. The van der Waals surface area contributed by atoms with Gasteiger partial charge in [-0.25, -0.2) is 0 Å². The van der Waals surface area contributed by atoms with Gasteiger partial charge >= 0.3 is 5.97 Å². The summed E-state index contributed by atoms with van der Waals surface area (Å²) in [6, 6.07) is 0. The molecular weight excluding hydrogens is 348 g/mol. The highest BCUT2D eigenvalue weighted by Gasteiger charge is 2.43. The zero-order valence-corrected chi connectivity index (χ0v) is 16.0. The van der Waals surface area contributed by atoms with Gasteiger partial charge < -0.3 is 19.3 Å². The van der Waals surface area contributed by atoms with Gasteiger partial charge in [0, 0.05) is 37.9 Å². The maximum Gasteiger partial charge on any atom is 0.306 e. The molecule has 1 heterocycles. The average Bonchev–Trinajstić information content (AvgIpc) is 2.97. The van der Waals surface area contributed by atoms with E-state index in [-0.39, 0.29) is 49.2 Å². The summed E-state index contributed by atoms with van der Waals surface area (Å²) in [5.41, 5.74) is 0. The van der Waals surface area contributed by atoms with Gasteiger partial charge in [0.05, 0.1) is 6.10 Å². The minimum absolute atomic E-state index is 0.0588. The lowest BCUT2D eigenvalue weighted by molar-refractivity contribution is -0.197. The summed E-state index contributed by atoms with van der Waals surface area (Å²) in [6.45, 7) is 4.38. The van der Waals surface area contributed by atoms with Crippen molar-refractivity contribution in [3.05, 3.63) is 24.8 Å². The molecule has 152 valence electrons. The van der Waals surface area contributed by atoms with Crippen LogP contribution in [0.2, 0.25) is 0 Å². The zero-order chi connectivity index (χ0) is 19.5. The summed E-state index contributed by atoms with van der Waals surface area (Å²) < 4.78 is 16.5. The van der Waals surface area contributed by atoms with Crippen molar-refractivity contribution in [2.24, 2.45) is 11.8 Å². The molecule has 1 unspecified atom stereocenters. The molecule has 0 amide bonds. The van der Waals surface area contributed by atoms with E-state index >= 15 is 0 Å². The molecule has 4 atom stereocenters. The highest BCUT2D eigenvalue weighted by Crippen LogP contribution is 2.35. The summed E-state index contributed by atoms with van der Waals surface area (Å²) in [7, 11) is 0. The number of ether oxygens (including phenoxy) is 3. The number of esters is 1. The molecular formula is C21H32O6. The normalized spacial score (nSPS) is 28.6. The highest BCUT2D eigenvalue weighted by molar-refractivity contribution is 5.84. The van der Waals surface area contributed by atoms with Crippen LogP contribution in [-0.2, 0) is 23.8 Å². The second-order valence-electron chi connectivity index (χ2n) is 7.17. The largest absolute Gasteiger partial charge is 0.461 e. The third-order valence-corrected chi connectivity index (χ3v) is 5.16. The quantitative estimate of drug-likeness (QED) is 0.337. The van der Waals surface area contributed by atoms with Gasteiger partial charge in [-0.1, -0.05) is 24.8 Å². The number of hydrogen-bond acceptors (Lipinski definition) is 6. The maximum atomic E-state index is 12.4. The predicted octanol–water partition coefficient (Wildman–Crippen LogP) is 2.94. The molecule has 0 aromatic carbocycles. The van der Waals surface area contributed by atoms with E-state index in [1.54, 1.807) is 6.08 Å². The van der Waals surface area contributed by atoms with Crippen LogP contribution in [0.4, 0.5) is 0 Å². The van der Waals surface area contributed by atoms with E-state index in [1.807, 2.05) is 12.2 Å². The van der Waals surface area contributed by atoms with Gasteiger partial charge in [0.2, 0.25) is 0 Å². The Balaban J connectivity index is 1.71. The molecule has 1 N–H and O–H groups in total. The van der Waals surface area contributed by atoms with Crippen LogP contribution in [0.25, 0.3) is 0 Å². The predicted molar refractivity (Wildman–Crippen MR) is 101 cm³/mol. The fraction of sp³-hybridized carbons (Fsp3) is 0.714. The fourth-order valence-corrected chi connectivity index (χ4v) is 3.66. The van der Waals surface area contributed by atoms with Gasteiger partial charge in [-0.2, -0.15) is 0 Å². The van der Waals surface area contributed by atoms with E-state index in [0.29, 0.717) is 32.3 Å². The number of allylic oxidation sites excluding steroid dienone is 2. The molecule has 1 aliphatic heterocycles. The van der Waals surface area contributed by atoms with E-state index in [0.717, 1.165) is 25.7 Å². The SMILES string of the molecule is C=CCOC(=O)CCCC=CC[C@H]1C(=O)C[C@@H](OC2CCCCO2)[C@@H]1CO. The number of aliphatic hydroxyl groups is 1. The minimum atomic E-state index is -0.261. The summed E-state index contributed by atoms with van der Waals surface area (Å²) in [5.74, 6) is -0.467. The summed E-state index contributed by atoms with van der Waals surface area (Å²) in [5, 5.41) is 9.77. The average molecular weight is 380 g/mol. The molecule has 2 fully saturated rings. The second kappa shape index (κ2) is 12.1. The Bertz CT molecular complexity index is 509. The Kier molecular flexibility index (Phi) is 9.73. The van der Waals surface area contributed by atoms with Crippen molar-refractivity contribution in [1.29, 1.82) is 0 Å². The van der Waals surface area contributed by atoms with Crippen LogP contribution in [0, 0.1) is 11.8 Å². The van der Waals surface area contributed by atoms with E-state index in [4.69, 9.17) is 14.2 Å². The number of hydrogen-bond donors (Lipinski definition) is 1. The lowest BCUT2D eigenvalue weighted by Gasteiger charge is -2.28. The molecule has 27 heavy (non-hydrogen) atoms. The Labute approximate surface area is 161 Å². The van der Waals surface area contributed by atoms with Gasteiger partial charge in [-0.15, -0.1) is 0 Å². The van der Waals surface area contributed by atoms with Crippen molar-refractivity contribution in [3.8, 4) is 0 Å². The lowest BCUT2D eigenvalue weighted by atomic mass is 9.91. The van der Waals surface area contributed by atoms with Crippen LogP contribution in [0.1, 0.15) is 51.4 Å². The van der Waals surface area contributed by atoms with Crippen molar-refractivity contribution in [3.63, 3.8) is 0 Å². The number of Topliss-reactive ketones (excluding diaryl/α,β-unsaturated/α-hetero) is 1. The molecule has 6 heteroatoms. The summed E-state index contributed by atoms with van der Waals surface area (Å²) >= 11 is 0. The Morgan fingerprint density at radius 1 is 1.33 bits per heavy atom. The van der Waals surface area contributed by atoms with Crippen molar-refractivity contribution < 1.29 is 28.9 Å². The van der Waals surface area contributed by atoms with Gasteiger partial charge in [0.1, 0.15) is 12.4 Å². The molecule has 0 bridgehead atoms. The molecule has 1 saturated carbocycles. The lowest BCUT2D eigenvalue weighted by Crippen LogP contribution is -2.32. The standard InChI is InChI=1S/C21H32O6/c1-2-12-25-20(24)10-6-4-3-5-9-16-17(15-22)19(14-18(16)23)27-21-11-7-8-13-26-21/h2-3,5,16-17,19,21-22H,1,4,6-15H2/t16-,17-,19-,21?/m1/s1. The smallest absolute Gasteiger partial charge is 0.306 e. The number of carbonyl (C=O) groups is 2. The molecule has 1 saturated heterocycles. The first kappa shape index (κ1) is 21.8. The van der Waals surface area contributed by atoms with E-state index in [1.165, 1.54) is 0 Å². The number of carbonyl (C=O) groups excluding carboxylic acids is 2. The first-order chi connectivity index (χ1) is 13.2. The third-order valence-electron chi connectivity index (χ3n) is 5.16. The first-order valence-electron chi connectivity index (χ1n) is 9.97. The zero-order valence-electron chi connectivity index (χ0n) is 16.0. The van der Waals surface area contributed by atoms with Crippen LogP contribution in [0.3, 0.4) is 0 Å². The van der Waals surface area contributed by atoms with Gasteiger partial charge in [0.15, 0.2) is 6.29 Å². The highest BCUT2D eigenvalue weighted by atomic mass is 16.7. The monoisotopic (exact) mass is 380 g/mol. The van der Waals surface area contributed by atoms with Gasteiger partial charge in [-0.05, 0) is 38.5 Å². The second-order valence-corrected chi connectivity index (χ2v) is 7.17. The number of unbranched alkanes of at least 4 members (excludes halogenated alkanes) is 1. The van der Waals surface area contributed by atoms with Crippen molar-refractivity contribution in [1.82, 2.24) is 0 Å². The number of aliphatic hydroxyl groups excluding tert-OH is 1. The topological polar surface area (TPSA) is 82.1 Å². The first-order valence-corrected chi connectivity index (χ1v) is 9.97. The van der Waals surface area contributed by atoms with Crippen molar-refractivity contribution in [2.45, 2.75) is 63.8 Å². The van der Waals surface area contributed by atoms with E-state index in [9.17, 15) is 14.7 Å². The van der Waals surface area contributed by atoms with Crippen LogP contribution in [0.15, 0.2) is 24.8 Å². The van der Waals surface area contributed by atoms with E-state index < -0.39 is 0 Å². The van der Waals surface area contributed by atoms with Crippen LogP contribution >= 0.6 is 0 Å². The molecule has 0 aromatic rings. The number of ketones is 1.